The summed E-state index contributed by atoms with van der Waals surface area (Å²) in [6.07, 6.45) is -0.836. The Labute approximate surface area is 179 Å². The number of ether oxygens (including phenoxy) is 3. The average molecular weight is 429 g/mol. The molecule has 1 amide bonds. The Kier molecular flexibility index (Phi) is 7.64. The summed E-state index contributed by atoms with van der Waals surface area (Å²) in [6, 6.07) is 12.5. The third-order valence-electron chi connectivity index (χ3n) is 4.22. The summed E-state index contributed by atoms with van der Waals surface area (Å²) in [4.78, 5) is 16.6. The molecule has 3 aromatic rings. The van der Waals surface area contributed by atoms with E-state index in [0.29, 0.717) is 29.4 Å². The molecule has 1 aromatic heterocycles. The van der Waals surface area contributed by atoms with E-state index in [0.717, 1.165) is 11.3 Å². The van der Waals surface area contributed by atoms with Gasteiger partial charge < -0.3 is 24.6 Å². The van der Waals surface area contributed by atoms with Crippen molar-refractivity contribution in [2.45, 2.75) is 19.6 Å². The number of aromatic nitrogens is 1. The van der Waals surface area contributed by atoms with Crippen molar-refractivity contribution < 1.29 is 24.1 Å². The van der Waals surface area contributed by atoms with Crippen molar-refractivity contribution in [2.24, 2.45) is 0 Å². The predicted molar refractivity (Wildman–Crippen MR) is 114 cm³/mol. The van der Waals surface area contributed by atoms with Crippen molar-refractivity contribution in [3.05, 3.63) is 70.2 Å². The number of hydrogen-bond acceptors (Lipinski definition) is 7. The number of thiazole rings is 1. The maximum Gasteiger partial charge on any atom is 0.251 e. The summed E-state index contributed by atoms with van der Waals surface area (Å²) < 4.78 is 16.6. The SMILES string of the molecule is COc1cc(C(=O)NCC(O)COc2cccc(C)c2)ccc1OCc1cscn1. The van der Waals surface area contributed by atoms with Crippen LogP contribution in [0.4, 0.5) is 0 Å². The van der Waals surface area contributed by atoms with Gasteiger partial charge in [0.2, 0.25) is 0 Å². The van der Waals surface area contributed by atoms with Gasteiger partial charge in [0.15, 0.2) is 11.5 Å². The molecule has 0 radical (unpaired) electrons. The molecule has 0 aliphatic heterocycles. The highest BCUT2D eigenvalue weighted by molar-refractivity contribution is 7.07. The molecule has 7 nitrogen and oxygen atoms in total. The first kappa shape index (κ1) is 21.6. The third kappa shape index (κ3) is 6.20. The highest BCUT2D eigenvalue weighted by Gasteiger charge is 2.13. The van der Waals surface area contributed by atoms with Crippen LogP contribution in [-0.4, -0.2) is 42.4 Å². The molecule has 1 unspecified atom stereocenters. The molecule has 2 N–H and O–H groups in total. The molecular formula is C22H24N2O5S. The van der Waals surface area contributed by atoms with Gasteiger partial charge in [0.05, 0.1) is 18.3 Å². The second kappa shape index (κ2) is 10.6. The Morgan fingerprint density at radius 1 is 1.20 bits per heavy atom. The van der Waals surface area contributed by atoms with Gasteiger partial charge >= 0.3 is 0 Å². The highest BCUT2D eigenvalue weighted by atomic mass is 32.1. The summed E-state index contributed by atoms with van der Waals surface area (Å²) in [6.45, 7) is 2.43. The zero-order valence-corrected chi connectivity index (χ0v) is 17.6. The fourth-order valence-corrected chi connectivity index (χ4v) is 3.20. The van der Waals surface area contributed by atoms with Crippen LogP contribution in [0.15, 0.2) is 53.4 Å². The first-order valence-corrected chi connectivity index (χ1v) is 10.3. The highest BCUT2D eigenvalue weighted by Crippen LogP contribution is 2.28. The largest absolute Gasteiger partial charge is 0.493 e. The van der Waals surface area contributed by atoms with E-state index in [1.54, 1.807) is 23.7 Å². The number of methoxy groups -OCH3 is 1. The number of carbonyl (C=O) groups is 1. The van der Waals surface area contributed by atoms with Gasteiger partial charge in [-0.25, -0.2) is 4.98 Å². The second-order valence-electron chi connectivity index (χ2n) is 6.63. The fraction of sp³-hybridized carbons (Fsp3) is 0.273. The van der Waals surface area contributed by atoms with Crippen molar-refractivity contribution in [1.29, 1.82) is 0 Å². The number of amides is 1. The Morgan fingerprint density at radius 2 is 2.07 bits per heavy atom. The molecule has 3 rings (SSSR count). The van der Waals surface area contributed by atoms with Gasteiger partial charge in [-0.15, -0.1) is 11.3 Å². The summed E-state index contributed by atoms with van der Waals surface area (Å²) in [5.74, 6) is 1.32. The third-order valence-corrected chi connectivity index (χ3v) is 4.85. The number of hydrogen-bond donors (Lipinski definition) is 2. The minimum atomic E-state index is -0.836. The summed E-state index contributed by atoms with van der Waals surface area (Å²) >= 11 is 1.50. The fourth-order valence-electron chi connectivity index (χ4n) is 2.66. The number of benzene rings is 2. The monoisotopic (exact) mass is 428 g/mol. The lowest BCUT2D eigenvalue weighted by Gasteiger charge is -2.14. The van der Waals surface area contributed by atoms with Crippen LogP contribution in [0.1, 0.15) is 21.6 Å². The topological polar surface area (TPSA) is 89.9 Å². The minimum absolute atomic E-state index is 0.0645. The van der Waals surface area contributed by atoms with Crippen LogP contribution in [-0.2, 0) is 6.61 Å². The molecule has 0 spiro atoms. The molecule has 0 fully saturated rings. The van der Waals surface area contributed by atoms with Crippen LogP contribution in [0.3, 0.4) is 0 Å². The van der Waals surface area contributed by atoms with E-state index in [2.05, 4.69) is 10.3 Å². The molecule has 0 saturated carbocycles. The molecule has 2 aromatic carbocycles. The van der Waals surface area contributed by atoms with E-state index >= 15 is 0 Å². The van der Waals surface area contributed by atoms with Gasteiger partial charge in [-0.05, 0) is 42.8 Å². The number of aryl methyl sites for hydroxylation is 1. The van der Waals surface area contributed by atoms with Gasteiger partial charge in [-0.3, -0.25) is 4.79 Å². The lowest BCUT2D eigenvalue weighted by atomic mass is 10.2. The smallest absolute Gasteiger partial charge is 0.251 e. The van der Waals surface area contributed by atoms with Gasteiger partial charge in [0, 0.05) is 17.5 Å². The molecule has 1 atom stereocenters. The molecule has 1 heterocycles. The summed E-state index contributed by atoms with van der Waals surface area (Å²) in [7, 11) is 1.51. The Hall–Kier alpha value is -3.10. The lowest BCUT2D eigenvalue weighted by Crippen LogP contribution is -2.35. The number of nitrogens with zero attached hydrogens (tertiary/aromatic N) is 1. The van der Waals surface area contributed by atoms with E-state index < -0.39 is 6.10 Å². The van der Waals surface area contributed by atoms with Crippen LogP contribution in [0.5, 0.6) is 17.2 Å². The average Bonchev–Trinajstić information content (AvgIpc) is 3.28. The Bertz CT molecular complexity index is 962. The van der Waals surface area contributed by atoms with Crippen LogP contribution in [0, 0.1) is 6.92 Å². The first-order chi connectivity index (χ1) is 14.5. The predicted octanol–water partition coefficient (Wildman–Crippen LogP) is 3.21. The van der Waals surface area contributed by atoms with E-state index in [-0.39, 0.29) is 19.1 Å². The normalized spacial score (nSPS) is 11.6. The van der Waals surface area contributed by atoms with Crippen molar-refractivity contribution in [2.75, 3.05) is 20.3 Å². The number of rotatable bonds is 10. The van der Waals surface area contributed by atoms with E-state index in [1.165, 1.54) is 18.4 Å². The van der Waals surface area contributed by atoms with Crippen LogP contribution in [0.25, 0.3) is 0 Å². The molecule has 30 heavy (non-hydrogen) atoms. The quantitative estimate of drug-likeness (QED) is 0.515. The molecule has 0 aliphatic rings. The zero-order valence-electron chi connectivity index (χ0n) is 16.8. The van der Waals surface area contributed by atoms with Crippen molar-refractivity contribution in [3.63, 3.8) is 0 Å². The van der Waals surface area contributed by atoms with Gasteiger partial charge in [-0.1, -0.05) is 12.1 Å². The van der Waals surface area contributed by atoms with Crippen LogP contribution >= 0.6 is 11.3 Å². The number of aliphatic hydroxyl groups is 1. The van der Waals surface area contributed by atoms with Crippen molar-refractivity contribution >= 4 is 17.2 Å². The molecule has 0 saturated heterocycles. The maximum absolute atomic E-state index is 12.4. The van der Waals surface area contributed by atoms with Crippen LogP contribution in [0.2, 0.25) is 0 Å². The minimum Gasteiger partial charge on any atom is -0.493 e. The molecular weight excluding hydrogens is 404 g/mol. The first-order valence-electron chi connectivity index (χ1n) is 9.39. The molecule has 158 valence electrons. The second-order valence-corrected chi connectivity index (χ2v) is 7.34. The van der Waals surface area contributed by atoms with Crippen molar-refractivity contribution in [3.8, 4) is 17.2 Å². The maximum atomic E-state index is 12.4. The molecule has 8 heteroatoms. The lowest BCUT2D eigenvalue weighted by molar-refractivity contribution is 0.0843. The Balaban J connectivity index is 1.50. The number of carbonyl (C=O) groups excluding carboxylic acids is 1. The zero-order chi connectivity index (χ0) is 21.3. The Morgan fingerprint density at radius 3 is 2.80 bits per heavy atom. The van der Waals surface area contributed by atoms with E-state index in [1.807, 2.05) is 36.6 Å². The molecule has 0 aliphatic carbocycles. The summed E-state index contributed by atoms with van der Waals surface area (Å²) in [5, 5.41) is 14.7. The standard InChI is InChI=1S/C22H24N2O5S/c1-15-4-3-5-19(8-15)28-12-18(25)10-23-22(26)16-6-7-20(21(9-16)27-2)29-11-17-13-30-14-24-17/h3-9,13-14,18,25H,10-12H2,1-2H3,(H,23,26). The van der Waals surface area contributed by atoms with Gasteiger partial charge in [0.25, 0.3) is 5.91 Å². The van der Waals surface area contributed by atoms with Crippen molar-refractivity contribution in [1.82, 2.24) is 10.3 Å². The van der Waals surface area contributed by atoms with E-state index in [9.17, 15) is 9.90 Å². The van der Waals surface area contributed by atoms with Crippen LogP contribution < -0.4 is 19.5 Å². The summed E-state index contributed by atoms with van der Waals surface area (Å²) in [5.41, 5.74) is 4.04. The van der Waals surface area contributed by atoms with E-state index in [4.69, 9.17) is 14.2 Å². The van der Waals surface area contributed by atoms with Gasteiger partial charge in [0.1, 0.15) is 25.1 Å². The number of aliphatic hydroxyl groups excluding tert-OH is 1. The molecule has 0 bridgehead atoms. The van der Waals surface area contributed by atoms with Gasteiger partial charge in [-0.2, -0.15) is 0 Å². The number of nitrogens with one attached hydrogen (secondary N) is 1.